The molecule has 0 aliphatic carbocycles. The van der Waals surface area contributed by atoms with Crippen LogP contribution in [0.15, 0.2) is 33.9 Å². The van der Waals surface area contributed by atoms with Crippen molar-refractivity contribution < 1.29 is 146 Å². The number of imide groups is 1. The summed E-state index contributed by atoms with van der Waals surface area (Å²) in [5, 5.41) is -5.86. The van der Waals surface area contributed by atoms with Crippen LogP contribution < -0.4 is 11.1 Å². The quantitative estimate of drug-likeness (QED) is 0.0991. The maximum Gasteiger partial charge on any atom is 0.460 e. The number of quaternary nitrogens is 1. The highest BCUT2D eigenvalue weighted by atomic mass is 19.4. The first-order chi connectivity index (χ1) is 28.8. The monoisotopic (exact) mass is 1030 g/mol. The van der Waals surface area contributed by atoms with Gasteiger partial charge in [0.1, 0.15) is 0 Å². The molecule has 4 bridgehead atoms. The number of hydrogen-bond acceptors (Lipinski definition) is 4. The zero-order valence-electron chi connectivity index (χ0n) is 29.6. The Labute approximate surface area is 337 Å². The molecule has 6 nitrogen and oxygen atoms in total. The number of fused-ring (bicyclic) bond motifs is 6. The van der Waals surface area contributed by atoms with E-state index in [1.165, 1.54) is 4.98 Å². The molecular formula is C30H9F30N2O4+. The minimum atomic E-state index is -9.30. The normalized spacial score (nSPS) is 17.4. The summed E-state index contributed by atoms with van der Waals surface area (Å²) in [5.74, 6) is -115. The molecule has 2 aromatic carbocycles. The van der Waals surface area contributed by atoms with Crippen molar-refractivity contribution in [3.05, 3.63) is 56.1 Å². The summed E-state index contributed by atoms with van der Waals surface area (Å²) >= 11 is 0. The van der Waals surface area contributed by atoms with Crippen molar-refractivity contribution in [1.29, 1.82) is 0 Å². The lowest BCUT2D eigenvalue weighted by molar-refractivity contribution is -0.792. The van der Waals surface area contributed by atoms with Gasteiger partial charge in [-0.1, -0.05) is 0 Å². The zero-order valence-corrected chi connectivity index (χ0v) is 29.6. The summed E-state index contributed by atoms with van der Waals surface area (Å²) in [6.45, 7) is -9.98. The molecule has 0 spiro atoms. The Morgan fingerprint density at radius 3 is 0.803 bits per heavy atom. The fourth-order valence-electron chi connectivity index (χ4n) is 6.24. The number of alkyl halides is 30. The Morgan fingerprint density at radius 1 is 0.333 bits per heavy atom. The highest BCUT2D eigenvalue weighted by Gasteiger charge is 2.96. The molecule has 2 aromatic heterocycles. The lowest BCUT2D eigenvalue weighted by Crippen LogP contribution is -2.77. The lowest BCUT2D eigenvalue weighted by Gasteiger charge is -2.45. The molecule has 0 saturated heterocycles. The van der Waals surface area contributed by atoms with Crippen molar-refractivity contribution in [1.82, 2.24) is 4.98 Å². The Kier molecular flexibility index (Phi) is 11.4. The highest BCUT2D eigenvalue weighted by molar-refractivity contribution is 6.26. The van der Waals surface area contributed by atoms with Gasteiger partial charge in [-0.2, -0.15) is 136 Å². The number of rotatable bonds is 14. The van der Waals surface area contributed by atoms with E-state index in [0.29, 0.717) is 12.1 Å². The second-order valence-electron chi connectivity index (χ2n) is 13.9. The number of aromatic nitrogens is 1. The van der Waals surface area contributed by atoms with Crippen LogP contribution >= 0.6 is 0 Å². The third kappa shape index (κ3) is 6.35. The first kappa shape index (κ1) is 53.7. The van der Waals surface area contributed by atoms with E-state index in [1.807, 2.05) is 0 Å². The minimum Gasteiger partial charge on any atom is -0.288 e. The van der Waals surface area contributed by atoms with E-state index in [2.05, 4.69) is 0 Å². The van der Waals surface area contributed by atoms with E-state index >= 15 is 35.1 Å². The van der Waals surface area contributed by atoms with Crippen LogP contribution in [0.25, 0.3) is 21.5 Å². The predicted molar refractivity (Wildman–Crippen MR) is 150 cm³/mol. The number of nitrogens with zero attached hydrogens (tertiary/aromatic N) is 1. The van der Waals surface area contributed by atoms with Crippen LogP contribution in [0, 0.1) is 0 Å². The van der Waals surface area contributed by atoms with E-state index in [4.69, 9.17) is 0 Å². The van der Waals surface area contributed by atoms with Gasteiger partial charge in [0, 0.05) is 21.5 Å². The number of carbonyl (C=O) groups is 2. The number of amides is 2. The van der Waals surface area contributed by atoms with Crippen molar-refractivity contribution in [2.45, 2.75) is 83.4 Å². The fourth-order valence-corrected chi connectivity index (χ4v) is 6.24. The third-order valence-electron chi connectivity index (χ3n) is 9.84. The predicted octanol–water partition coefficient (Wildman–Crippen LogP) is 10.3. The molecule has 0 saturated carbocycles. The second kappa shape index (κ2) is 14.1. The van der Waals surface area contributed by atoms with Crippen LogP contribution in [0.2, 0.25) is 0 Å². The minimum absolute atomic E-state index is 0.230. The molecule has 2 aliphatic heterocycles. The number of carbonyl (C=O) groups excluding carboxylic acids is 2. The lowest BCUT2D eigenvalue weighted by atomic mass is 9.89. The number of hydrogen-bond donors (Lipinski definition) is 1. The Bertz CT molecular complexity index is 2420. The molecule has 66 heavy (non-hydrogen) atoms. The summed E-state index contributed by atoms with van der Waals surface area (Å²) in [6.07, 6.45) is -16.5. The number of benzene rings is 2. The van der Waals surface area contributed by atoms with Gasteiger partial charge in [0.25, 0.3) is 11.1 Å². The number of halogens is 30. The van der Waals surface area contributed by atoms with E-state index in [0.717, 1.165) is 0 Å². The smallest absolute Gasteiger partial charge is 0.288 e. The standard InChI is InChI=1S/C30H8F30N2O4/c31-17(32,19(35,36)21(39,40)23(43,44)25(47,48)27(51,52)29(55,56)57)5-62(6-18(33,34)20(37,38)22(41,42)24(45,46)26(49,50)28(53,54)30(58,59)60)15(65)9-3-4-10(16(62)66)12-8-2-1-7(11(9)12)13(63)61-14(8)64/h1-4H,5-6H2/p+1. The maximum atomic E-state index is 15.6. The molecule has 4 aromatic rings. The van der Waals surface area contributed by atoms with Crippen molar-refractivity contribution in [3.63, 3.8) is 0 Å². The molecule has 372 valence electrons. The van der Waals surface area contributed by atoms with Gasteiger partial charge in [-0.25, -0.2) is 9.59 Å². The fraction of sp³-hybridized carbons (Fsp3) is 0.533. The van der Waals surface area contributed by atoms with E-state index in [1.54, 1.807) is 0 Å². The third-order valence-corrected chi connectivity index (χ3v) is 9.84. The summed E-state index contributed by atoms with van der Waals surface area (Å²) in [5.41, 5.74) is -8.15. The Morgan fingerprint density at radius 2 is 0.561 bits per heavy atom. The van der Waals surface area contributed by atoms with Crippen LogP contribution in [0.1, 0.15) is 20.7 Å². The molecule has 2 aliphatic rings. The molecule has 0 atom stereocenters. The largest absolute Gasteiger partial charge is 0.460 e. The molecular weight excluding hydrogens is 1020 g/mol. The van der Waals surface area contributed by atoms with Gasteiger partial charge in [0.05, 0.1) is 11.1 Å². The van der Waals surface area contributed by atoms with Crippen LogP contribution in [0.4, 0.5) is 132 Å². The van der Waals surface area contributed by atoms with Gasteiger partial charge >= 0.3 is 95.2 Å². The van der Waals surface area contributed by atoms with Crippen LogP contribution in [0.5, 0.6) is 0 Å². The van der Waals surface area contributed by atoms with Gasteiger partial charge in [-0.15, -0.1) is 0 Å². The maximum absolute atomic E-state index is 15.6. The second-order valence-corrected chi connectivity index (χ2v) is 13.9. The Hall–Kier alpha value is -4.96. The molecule has 0 fully saturated rings. The summed E-state index contributed by atoms with van der Waals surface area (Å²) in [6, 6.07) is 0.165. The van der Waals surface area contributed by atoms with Crippen molar-refractivity contribution >= 4 is 33.4 Å². The van der Waals surface area contributed by atoms with Crippen molar-refractivity contribution in [3.8, 4) is 0 Å². The SMILES string of the molecule is O=C1c2ccc(c3c4ccc(c(=O)[nH]c4=O)c23)C(=O)[N+]1(CC(F)(F)C(F)(F)C(F)(F)C(F)(F)C(F)(F)C(F)(F)C(F)(F)F)CC(F)(F)C(F)(F)C(F)(F)C(F)(F)C(F)(F)C(F)(F)C(F)(F)F. The molecule has 2 amide bonds. The number of nitrogens with one attached hydrogen (secondary N) is 1. The highest BCUT2D eigenvalue weighted by Crippen LogP contribution is 2.65. The zero-order chi connectivity index (χ0) is 52.2. The van der Waals surface area contributed by atoms with Crippen LogP contribution in [-0.2, 0) is 0 Å². The van der Waals surface area contributed by atoms with E-state index < -0.39 is 157 Å². The van der Waals surface area contributed by atoms with Crippen molar-refractivity contribution in [2.75, 3.05) is 13.1 Å². The van der Waals surface area contributed by atoms with Gasteiger partial charge in [-0.3, -0.25) is 14.6 Å². The molecule has 36 heteroatoms. The van der Waals surface area contributed by atoms with E-state index in [9.17, 15) is 116 Å². The van der Waals surface area contributed by atoms with Gasteiger partial charge < -0.3 is 0 Å². The summed E-state index contributed by atoms with van der Waals surface area (Å²) in [4.78, 5) is 54.4. The average molecular weight is 1030 g/mol. The topological polar surface area (TPSA) is 84.1 Å². The van der Waals surface area contributed by atoms with Gasteiger partial charge in [-0.05, 0) is 24.3 Å². The number of aromatic amines is 1. The molecule has 4 heterocycles. The van der Waals surface area contributed by atoms with E-state index in [-0.39, 0.29) is 12.1 Å². The average Bonchev–Trinajstić information content (AvgIpc) is 3.41. The molecule has 1 N–H and O–H groups in total. The first-order valence-electron chi connectivity index (χ1n) is 15.8. The number of H-pyrrole nitrogens is 1. The molecule has 0 unspecified atom stereocenters. The molecule has 6 rings (SSSR count). The van der Waals surface area contributed by atoms with Crippen molar-refractivity contribution in [2.24, 2.45) is 0 Å². The summed E-state index contributed by atoms with van der Waals surface area (Å²) in [7, 11) is 0. The van der Waals surface area contributed by atoms with Gasteiger partial charge in [0.2, 0.25) is 0 Å². The Balaban J connectivity index is 2.12. The van der Waals surface area contributed by atoms with Crippen LogP contribution in [-0.4, -0.2) is 118 Å². The summed E-state index contributed by atoms with van der Waals surface area (Å²) < 4.78 is 418. The molecule has 0 radical (unpaired) electrons. The van der Waals surface area contributed by atoms with Crippen LogP contribution in [0.3, 0.4) is 0 Å². The van der Waals surface area contributed by atoms with Gasteiger partial charge in [0.15, 0.2) is 13.1 Å². The first-order valence-corrected chi connectivity index (χ1v) is 15.8.